The van der Waals surface area contributed by atoms with Gasteiger partial charge in [0.15, 0.2) is 6.10 Å². The SMILES string of the molecule is CC/C=C\C/C=C\C/C=C\C/C=C\CCCCC(=O)OCC(COC(=O)CCCCCCCCCCCCCCCCCCC/C=C\CCCCCCCCCC)OC(=O)CCCCCCCCCCC/C=C\CCCCCCCCCC. The maximum atomic E-state index is 13.0. The van der Waals surface area contributed by atoms with Crippen LogP contribution in [0.25, 0.3) is 0 Å². The zero-order chi connectivity index (χ0) is 59.9. The van der Waals surface area contributed by atoms with E-state index in [-0.39, 0.29) is 31.1 Å². The van der Waals surface area contributed by atoms with Gasteiger partial charge in [-0.3, -0.25) is 14.4 Å². The van der Waals surface area contributed by atoms with Crippen LogP contribution in [0.4, 0.5) is 0 Å². The van der Waals surface area contributed by atoms with Crippen LogP contribution >= 0.6 is 0 Å². The average Bonchev–Trinajstić information content (AvgIpc) is 3.49. The normalized spacial score (nSPS) is 12.5. The summed E-state index contributed by atoms with van der Waals surface area (Å²) in [5.74, 6) is -0.911. The number of unbranched alkanes of at least 4 members (excludes halogenated alkanes) is 44. The summed E-state index contributed by atoms with van der Waals surface area (Å²) in [4.78, 5) is 38.4. The minimum absolute atomic E-state index is 0.0863. The number of rotatable bonds is 67. The molecule has 83 heavy (non-hydrogen) atoms. The molecule has 0 aliphatic carbocycles. The highest BCUT2D eigenvalue weighted by molar-refractivity contribution is 5.71. The summed E-state index contributed by atoms with van der Waals surface area (Å²) in [7, 11) is 0. The van der Waals surface area contributed by atoms with Crippen molar-refractivity contribution in [3.8, 4) is 0 Å². The zero-order valence-electron chi connectivity index (χ0n) is 55.5. The van der Waals surface area contributed by atoms with Gasteiger partial charge in [0.25, 0.3) is 0 Å². The summed E-state index contributed by atoms with van der Waals surface area (Å²) in [6.45, 7) is 6.55. The molecular formula is C77H138O6. The third kappa shape index (κ3) is 69.5. The van der Waals surface area contributed by atoms with Crippen LogP contribution in [0.1, 0.15) is 380 Å². The first-order chi connectivity index (χ1) is 41.0. The molecule has 0 bridgehead atoms. The van der Waals surface area contributed by atoms with Gasteiger partial charge in [-0.15, -0.1) is 0 Å². The van der Waals surface area contributed by atoms with Gasteiger partial charge in [-0.25, -0.2) is 0 Å². The Kier molecular flexibility index (Phi) is 68.6. The number of hydrogen-bond donors (Lipinski definition) is 0. The topological polar surface area (TPSA) is 78.9 Å². The molecule has 0 aromatic rings. The van der Waals surface area contributed by atoms with E-state index in [9.17, 15) is 14.4 Å². The molecule has 0 saturated heterocycles. The van der Waals surface area contributed by atoms with E-state index in [2.05, 4.69) is 93.7 Å². The van der Waals surface area contributed by atoms with Crippen molar-refractivity contribution < 1.29 is 28.6 Å². The number of ether oxygens (including phenoxy) is 3. The van der Waals surface area contributed by atoms with Gasteiger partial charge < -0.3 is 14.2 Å². The standard InChI is InChI=1S/C77H138O6/c1-4-7-10-13-16-19-22-25-28-30-32-34-35-36-37-38-39-40-41-43-44-46-49-52-55-58-61-64-67-70-76(79)82-73-74(72-81-75(78)69-66-63-60-57-54-51-48-27-24-21-18-15-12-9-6-3)83-77(80)71-68-65-62-59-56-53-50-47-45-42-33-31-29-26-23-20-17-14-11-8-5-2/h9,12,18,21,27,30-33,48,54,57,74H,4-8,10-11,13-17,19-20,22-26,28-29,34-47,49-53,55-56,58-73H2,1-3H3/b12-9-,21-18-,32-30-,33-31-,48-27-,57-54-. The van der Waals surface area contributed by atoms with E-state index in [4.69, 9.17) is 14.2 Å². The summed E-state index contributed by atoms with van der Waals surface area (Å²) in [5.41, 5.74) is 0. The Balaban J connectivity index is 4.27. The molecule has 0 rings (SSSR count). The molecule has 0 N–H and O–H groups in total. The Morgan fingerprint density at radius 1 is 0.253 bits per heavy atom. The Labute approximate surface area is 516 Å². The Morgan fingerprint density at radius 3 is 0.771 bits per heavy atom. The van der Waals surface area contributed by atoms with Gasteiger partial charge in [0.05, 0.1) is 0 Å². The second-order valence-electron chi connectivity index (χ2n) is 24.5. The second kappa shape index (κ2) is 71.3. The van der Waals surface area contributed by atoms with Gasteiger partial charge in [0, 0.05) is 19.3 Å². The molecule has 6 heteroatoms. The van der Waals surface area contributed by atoms with Crippen LogP contribution < -0.4 is 0 Å². The summed E-state index contributed by atoms with van der Waals surface area (Å²) in [6.07, 6.45) is 93.8. The van der Waals surface area contributed by atoms with Gasteiger partial charge in [0.1, 0.15) is 13.2 Å². The fourth-order valence-corrected chi connectivity index (χ4v) is 10.7. The van der Waals surface area contributed by atoms with Crippen molar-refractivity contribution in [2.75, 3.05) is 13.2 Å². The van der Waals surface area contributed by atoms with Gasteiger partial charge in [-0.2, -0.15) is 0 Å². The Hall–Kier alpha value is -3.15. The molecule has 0 saturated carbocycles. The number of esters is 3. The van der Waals surface area contributed by atoms with Crippen molar-refractivity contribution in [3.05, 3.63) is 72.9 Å². The molecule has 0 aromatic carbocycles. The smallest absolute Gasteiger partial charge is 0.306 e. The van der Waals surface area contributed by atoms with E-state index >= 15 is 0 Å². The van der Waals surface area contributed by atoms with Crippen LogP contribution in [0, 0.1) is 0 Å². The van der Waals surface area contributed by atoms with Crippen LogP contribution in [-0.2, 0) is 28.6 Å². The quantitative estimate of drug-likeness (QED) is 0.0261. The monoisotopic (exact) mass is 1160 g/mol. The Bertz CT molecular complexity index is 1520. The Morgan fingerprint density at radius 2 is 0.470 bits per heavy atom. The number of carbonyl (C=O) groups is 3. The molecular weight excluding hydrogens is 1020 g/mol. The summed E-state index contributed by atoms with van der Waals surface area (Å²) in [5, 5.41) is 0. The molecule has 0 amide bonds. The van der Waals surface area contributed by atoms with Gasteiger partial charge in [-0.1, -0.05) is 325 Å². The maximum absolute atomic E-state index is 13.0. The van der Waals surface area contributed by atoms with Gasteiger partial charge >= 0.3 is 17.9 Å². The molecule has 0 fully saturated rings. The van der Waals surface area contributed by atoms with Crippen LogP contribution in [-0.4, -0.2) is 37.2 Å². The molecule has 1 atom stereocenters. The maximum Gasteiger partial charge on any atom is 0.306 e. The third-order valence-corrected chi connectivity index (χ3v) is 16.2. The lowest BCUT2D eigenvalue weighted by Crippen LogP contribution is -2.30. The van der Waals surface area contributed by atoms with Gasteiger partial charge in [-0.05, 0) is 109 Å². The minimum Gasteiger partial charge on any atom is -0.462 e. The summed E-state index contributed by atoms with van der Waals surface area (Å²) < 4.78 is 17.0. The molecule has 0 spiro atoms. The highest BCUT2D eigenvalue weighted by Crippen LogP contribution is 2.18. The molecule has 0 aliphatic heterocycles. The lowest BCUT2D eigenvalue weighted by molar-refractivity contribution is -0.167. The summed E-state index contributed by atoms with van der Waals surface area (Å²) in [6, 6.07) is 0. The highest BCUT2D eigenvalue weighted by Gasteiger charge is 2.19. The molecule has 0 aliphatic rings. The lowest BCUT2D eigenvalue weighted by atomic mass is 10.0. The van der Waals surface area contributed by atoms with E-state index in [1.54, 1.807) is 0 Å². The van der Waals surface area contributed by atoms with Crippen molar-refractivity contribution in [2.24, 2.45) is 0 Å². The number of hydrogen-bond acceptors (Lipinski definition) is 6. The predicted octanol–water partition coefficient (Wildman–Crippen LogP) is 25.2. The molecule has 0 heterocycles. The van der Waals surface area contributed by atoms with Crippen molar-refractivity contribution in [2.45, 2.75) is 386 Å². The van der Waals surface area contributed by atoms with Crippen LogP contribution in [0.5, 0.6) is 0 Å². The van der Waals surface area contributed by atoms with Gasteiger partial charge in [0.2, 0.25) is 0 Å². The van der Waals surface area contributed by atoms with E-state index in [0.717, 1.165) is 83.5 Å². The molecule has 0 radical (unpaired) electrons. The number of allylic oxidation sites excluding steroid dienone is 12. The molecule has 1 unspecified atom stereocenters. The van der Waals surface area contributed by atoms with Crippen molar-refractivity contribution in [1.29, 1.82) is 0 Å². The first-order valence-electron chi connectivity index (χ1n) is 36.4. The van der Waals surface area contributed by atoms with E-state index in [1.165, 1.54) is 257 Å². The third-order valence-electron chi connectivity index (χ3n) is 16.2. The predicted molar refractivity (Wildman–Crippen MR) is 362 cm³/mol. The molecule has 6 nitrogen and oxygen atoms in total. The molecule has 482 valence electrons. The van der Waals surface area contributed by atoms with Crippen molar-refractivity contribution >= 4 is 17.9 Å². The largest absolute Gasteiger partial charge is 0.462 e. The average molecular weight is 1160 g/mol. The minimum atomic E-state index is -0.795. The zero-order valence-corrected chi connectivity index (χ0v) is 55.5. The fraction of sp³-hybridized carbons (Fsp3) is 0.805. The van der Waals surface area contributed by atoms with Crippen LogP contribution in [0.2, 0.25) is 0 Å². The number of carbonyl (C=O) groups excluding carboxylic acids is 3. The van der Waals surface area contributed by atoms with E-state index in [1.807, 2.05) is 0 Å². The molecule has 0 aromatic heterocycles. The van der Waals surface area contributed by atoms with Crippen molar-refractivity contribution in [3.63, 3.8) is 0 Å². The van der Waals surface area contributed by atoms with Crippen LogP contribution in [0.3, 0.4) is 0 Å². The van der Waals surface area contributed by atoms with Crippen molar-refractivity contribution in [1.82, 2.24) is 0 Å². The van der Waals surface area contributed by atoms with E-state index in [0.29, 0.717) is 19.3 Å². The first kappa shape index (κ1) is 79.8. The fourth-order valence-electron chi connectivity index (χ4n) is 10.7. The summed E-state index contributed by atoms with van der Waals surface area (Å²) >= 11 is 0. The highest BCUT2D eigenvalue weighted by atomic mass is 16.6. The van der Waals surface area contributed by atoms with E-state index < -0.39 is 6.10 Å². The second-order valence-corrected chi connectivity index (χ2v) is 24.5. The first-order valence-corrected chi connectivity index (χ1v) is 36.4. The lowest BCUT2D eigenvalue weighted by Gasteiger charge is -2.18. The van der Waals surface area contributed by atoms with Crippen LogP contribution in [0.15, 0.2) is 72.9 Å².